The van der Waals surface area contributed by atoms with Crippen LogP contribution in [-0.2, 0) is 4.74 Å². The highest BCUT2D eigenvalue weighted by molar-refractivity contribution is 6.03. The normalized spacial score (nSPS) is 18.5. The SMILES string of the molecule is CC1CC[C@H](c2cc(=O)c3c(C(N)=O)nccc3[nH]2)CO1.Oc1cccc(F)c1F. The third-order valence-electron chi connectivity index (χ3n) is 4.87. The first-order valence-corrected chi connectivity index (χ1v) is 9.34. The molecule has 1 aliphatic heterocycles. The molecule has 3 aromatic rings. The van der Waals surface area contributed by atoms with Crippen LogP contribution in [0, 0.1) is 11.6 Å². The number of rotatable bonds is 2. The predicted molar refractivity (Wildman–Crippen MR) is 106 cm³/mol. The number of nitrogens with zero attached hydrogens (tertiary/aromatic N) is 1. The van der Waals surface area contributed by atoms with Gasteiger partial charge in [0.2, 0.25) is 0 Å². The largest absolute Gasteiger partial charge is 0.505 e. The standard InChI is InChI=1S/C15H17N3O3.C6H4F2O/c1-8-2-3-9(7-21-8)11-6-12(19)13-10(18-11)4-5-17-14(13)15(16)20;7-4-2-1-3-5(9)6(4)8/h4-6,8-9H,2-3,7H2,1H3,(H2,16,20)(H,18,19);1-3,9H/t8?,9-;/m0./s1. The Kier molecular flexibility index (Phi) is 6.41. The molecule has 1 fully saturated rings. The number of ether oxygens (including phenoxy) is 1. The number of nitrogens with one attached hydrogen (secondary N) is 1. The third-order valence-corrected chi connectivity index (χ3v) is 4.87. The number of aromatic nitrogens is 2. The van der Waals surface area contributed by atoms with E-state index in [4.69, 9.17) is 15.6 Å². The maximum Gasteiger partial charge on any atom is 0.268 e. The van der Waals surface area contributed by atoms with Crippen molar-refractivity contribution in [2.75, 3.05) is 6.61 Å². The smallest absolute Gasteiger partial charge is 0.268 e. The fraction of sp³-hybridized carbons (Fsp3) is 0.286. The lowest BCUT2D eigenvalue weighted by atomic mass is 9.95. The van der Waals surface area contributed by atoms with Crippen molar-refractivity contribution in [3.63, 3.8) is 0 Å². The van der Waals surface area contributed by atoms with Gasteiger partial charge in [0, 0.05) is 23.9 Å². The first kappa shape index (κ1) is 21.4. The van der Waals surface area contributed by atoms with Gasteiger partial charge in [-0.15, -0.1) is 0 Å². The molecule has 1 saturated heterocycles. The minimum absolute atomic E-state index is 0.00816. The Morgan fingerprint density at radius 2 is 2.07 bits per heavy atom. The van der Waals surface area contributed by atoms with Gasteiger partial charge in [0.1, 0.15) is 5.69 Å². The van der Waals surface area contributed by atoms with E-state index in [1.807, 2.05) is 6.92 Å². The van der Waals surface area contributed by atoms with E-state index < -0.39 is 23.3 Å². The van der Waals surface area contributed by atoms with E-state index in [0.717, 1.165) is 30.7 Å². The molecule has 7 nitrogen and oxygen atoms in total. The van der Waals surface area contributed by atoms with E-state index in [1.54, 1.807) is 6.07 Å². The van der Waals surface area contributed by atoms with Crippen molar-refractivity contribution in [2.24, 2.45) is 5.73 Å². The Balaban J connectivity index is 0.000000239. The van der Waals surface area contributed by atoms with Crippen LogP contribution in [0.2, 0.25) is 0 Å². The van der Waals surface area contributed by atoms with Crippen LogP contribution in [0.1, 0.15) is 41.9 Å². The highest BCUT2D eigenvalue weighted by atomic mass is 19.2. The van der Waals surface area contributed by atoms with Crippen LogP contribution in [0.4, 0.5) is 8.78 Å². The number of phenolic OH excluding ortho intramolecular Hbond substituents is 1. The molecule has 1 aromatic carbocycles. The number of H-pyrrole nitrogens is 1. The van der Waals surface area contributed by atoms with Crippen LogP contribution in [0.5, 0.6) is 5.75 Å². The number of nitrogens with two attached hydrogens (primary N) is 1. The van der Waals surface area contributed by atoms with E-state index in [1.165, 1.54) is 18.3 Å². The first-order valence-electron chi connectivity index (χ1n) is 9.34. The lowest BCUT2D eigenvalue weighted by molar-refractivity contribution is 0.0147. The number of hydrogen-bond donors (Lipinski definition) is 3. The summed E-state index contributed by atoms with van der Waals surface area (Å²) in [6.45, 7) is 2.64. The van der Waals surface area contributed by atoms with Gasteiger partial charge in [-0.2, -0.15) is 4.39 Å². The molecule has 30 heavy (non-hydrogen) atoms. The molecule has 2 atom stereocenters. The van der Waals surface area contributed by atoms with Crippen molar-refractivity contribution < 1.29 is 23.4 Å². The number of fused-ring (bicyclic) bond motifs is 1. The second kappa shape index (κ2) is 9.00. The first-order chi connectivity index (χ1) is 14.3. The van der Waals surface area contributed by atoms with Crippen molar-refractivity contribution >= 4 is 16.8 Å². The van der Waals surface area contributed by atoms with Crippen molar-refractivity contribution in [2.45, 2.75) is 31.8 Å². The van der Waals surface area contributed by atoms with Gasteiger partial charge in [-0.3, -0.25) is 14.6 Å². The molecule has 1 aliphatic rings. The fourth-order valence-corrected chi connectivity index (χ4v) is 3.25. The lowest BCUT2D eigenvalue weighted by Gasteiger charge is -2.27. The zero-order chi connectivity index (χ0) is 21.8. The van der Waals surface area contributed by atoms with Gasteiger partial charge in [0.15, 0.2) is 22.8 Å². The van der Waals surface area contributed by atoms with Crippen molar-refractivity contribution in [1.29, 1.82) is 0 Å². The number of aromatic amines is 1. The summed E-state index contributed by atoms with van der Waals surface area (Å²) in [6.07, 6.45) is 3.67. The number of benzene rings is 1. The highest BCUT2D eigenvalue weighted by Gasteiger charge is 2.22. The number of pyridine rings is 2. The van der Waals surface area contributed by atoms with Crippen molar-refractivity contribution in [3.8, 4) is 5.75 Å². The van der Waals surface area contributed by atoms with Crippen LogP contribution in [0.25, 0.3) is 10.9 Å². The van der Waals surface area contributed by atoms with E-state index in [0.29, 0.717) is 12.1 Å². The number of aromatic hydroxyl groups is 1. The number of hydrogen-bond acceptors (Lipinski definition) is 5. The molecule has 0 spiro atoms. The molecule has 2 aromatic heterocycles. The van der Waals surface area contributed by atoms with Gasteiger partial charge in [-0.25, -0.2) is 4.39 Å². The van der Waals surface area contributed by atoms with Gasteiger partial charge in [-0.1, -0.05) is 6.07 Å². The van der Waals surface area contributed by atoms with Gasteiger partial charge in [0.25, 0.3) is 5.91 Å². The van der Waals surface area contributed by atoms with Gasteiger partial charge < -0.3 is 20.6 Å². The quantitative estimate of drug-likeness (QED) is 0.592. The molecule has 0 saturated carbocycles. The molecule has 0 bridgehead atoms. The molecule has 9 heteroatoms. The number of carbonyl (C=O) groups is 1. The Morgan fingerprint density at radius 3 is 2.67 bits per heavy atom. The summed E-state index contributed by atoms with van der Waals surface area (Å²) in [5.74, 6) is -3.42. The van der Waals surface area contributed by atoms with Crippen molar-refractivity contribution in [3.05, 3.63) is 69.8 Å². The Hall–Kier alpha value is -3.33. The molecule has 1 unspecified atom stereocenters. The molecular formula is C21H21F2N3O4. The van der Waals surface area contributed by atoms with E-state index in [2.05, 4.69) is 9.97 Å². The van der Waals surface area contributed by atoms with Crippen LogP contribution >= 0.6 is 0 Å². The topological polar surface area (TPSA) is 118 Å². The number of halogens is 2. The second-order valence-corrected chi connectivity index (χ2v) is 7.03. The minimum atomic E-state index is -1.20. The van der Waals surface area contributed by atoms with Crippen LogP contribution < -0.4 is 11.2 Å². The number of carbonyl (C=O) groups excluding carboxylic acids is 1. The minimum Gasteiger partial charge on any atom is -0.505 e. The summed E-state index contributed by atoms with van der Waals surface area (Å²) in [4.78, 5) is 30.8. The molecule has 0 aliphatic carbocycles. The Labute approximate surface area is 170 Å². The van der Waals surface area contributed by atoms with Crippen molar-refractivity contribution in [1.82, 2.24) is 9.97 Å². The Bertz CT molecular complexity index is 1100. The number of primary amides is 1. The summed E-state index contributed by atoms with van der Waals surface area (Å²) >= 11 is 0. The van der Waals surface area contributed by atoms with Gasteiger partial charge in [-0.05, 0) is 38.0 Å². The summed E-state index contributed by atoms with van der Waals surface area (Å²) in [7, 11) is 0. The zero-order valence-corrected chi connectivity index (χ0v) is 16.2. The third kappa shape index (κ3) is 4.62. The monoisotopic (exact) mass is 417 g/mol. The summed E-state index contributed by atoms with van der Waals surface area (Å²) < 4.78 is 29.8. The van der Waals surface area contributed by atoms with E-state index in [9.17, 15) is 18.4 Å². The average molecular weight is 417 g/mol. The summed E-state index contributed by atoms with van der Waals surface area (Å²) in [5.41, 5.74) is 6.46. The molecule has 158 valence electrons. The highest BCUT2D eigenvalue weighted by Crippen LogP contribution is 2.27. The Morgan fingerprint density at radius 1 is 1.30 bits per heavy atom. The summed E-state index contributed by atoms with van der Waals surface area (Å²) in [5, 5.41) is 8.73. The maximum atomic E-state index is 12.3. The lowest BCUT2D eigenvalue weighted by Crippen LogP contribution is -2.24. The van der Waals surface area contributed by atoms with E-state index in [-0.39, 0.29) is 28.5 Å². The van der Waals surface area contributed by atoms with Gasteiger partial charge >= 0.3 is 0 Å². The summed E-state index contributed by atoms with van der Waals surface area (Å²) in [6, 6.07) is 6.46. The number of amides is 1. The zero-order valence-electron chi connectivity index (χ0n) is 16.2. The van der Waals surface area contributed by atoms with Gasteiger partial charge in [0.05, 0.1) is 23.6 Å². The predicted octanol–water partition coefficient (Wildman–Crippen LogP) is 2.97. The molecule has 3 heterocycles. The number of phenols is 1. The molecule has 4 rings (SSSR count). The molecule has 0 radical (unpaired) electrons. The van der Waals surface area contributed by atoms with Crippen LogP contribution in [0.15, 0.2) is 41.3 Å². The van der Waals surface area contributed by atoms with Crippen LogP contribution in [-0.4, -0.2) is 33.7 Å². The second-order valence-electron chi connectivity index (χ2n) is 7.03. The average Bonchev–Trinajstić information content (AvgIpc) is 2.72. The van der Waals surface area contributed by atoms with Crippen LogP contribution in [0.3, 0.4) is 0 Å². The fourth-order valence-electron chi connectivity index (χ4n) is 3.25. The maximum absolute atomic E-state index is 12.3. The molecule has 4 N–H and O–H groups in total. The molecule has 1 amide bonds. The molecular weight excluding hydrogens is 396 g/mol. The van der Waals surface area contributed by atoms with E-state index >= 15 is 0 Å².